The first-order chi connectivity index (χ1) is 8.19. The zero-order valence-corrected chi connectivity index (χ0v) is 10.5. The smallest absolute Gasteiger partial charge is 0.0773 e. The van der Waals surface area contributed by atoms with Crippen molar-refractivity contribution in [3.63, 3.8) is 0 Å². The Kier molecular flexibility index (Phi) is 3.82. The minimum Gasteiger partial charge on any atom is -0.394 e. The molecule has 1 aromatic rings. The maximum absolute atomic E-state index is 9.63. The molecule has 1 saturated carbocycles. The maximum Gasteiger partial charge on any atom is 0.0773 e. The van der Waals surface area contributed by atoms with Crippen LogP contribution >= 0.6 is 0 Å². The number of nitrogens with zero attached hydrogens (tertiary/aromatic N) is 1. The fourth-order valence-corrected chi connectivity index (χ4v) is 2.30. The zero-order chi connectivity index (χ0) is 12.3. The number of rotatable bonds is 6. The number of aliphatic hydroxyl groups is 1. The average molecular weight is 234 g/mol. The summed E-state index contributed by atoms with van der Waals surface area (Å²) in [6, 6.07) is 10.6. The number of benzene rings is 1. The highest BCUT2D eigenvalue weighted by Crippen LogP contribution is 2.29. The number of aliphatic hydroxyl groups excluding tert-OH is 1. The first kappa shape index (κ1) is 12.6. The molecule has 0 aliphatic heterocycles. The Morgan fingerprint density at radius 2 is 2.00 bits per heavy atom. The molecule has 2 rings (SSSR count). The Hall–Kier alpha value is -0.900. The van der Waals surface area contributed by atoms with Gasteiger partial charge >= 0.3 is 0 Å². The van der Waals surface area contributed by atoms with Crippen LogP contribution in [0.1, 0.15) is 25.3 Å². The lowest BCUT2D eigenvalue weighted by molar-refractivity contribution is 0.135. The lowest BCUT2D eigenvalue weighted by atomic mass is 9.91. The van der Waals surface area contributed by atoms with E-state index in [9.17, 15) is 5.11 Å². The van der Waals surface area contributed by atoms with E-state index < -0.39 is 5.54 Å². The van der Waals surface area contributed by atoms with Crippen molar-refractivity contribution in [3.8, 4) is 0 Å². The summed E-state index contributed by atoms with van der Waals surface area (Å²) in [6.45, 7) is 3.87. The Balaban J connectivity index is 2.13. The molecule has 17 heavy (non-hydrogen) atoms. The van der Waals surface area contributed by atoms with E-state index in [1.54, 1.807) is 0 Å². The number of hydrogen-bond donors (Lipinski definition) is 2. The molecule has 3 nitrogen and oxygen atoms in total. The van der Waals surface area contributed by atoms with Gasteiger partial charge < -0.3 is 10.8 Å². The van der Waals surface area contributed by atoms with Gasteiger partial charge in [0, 0.05) is 12.6 Å². The third kappa shape index (κ3) is 2.86. The second kappa shape index (κ2) is 5.17. The van der Waals surface area contributed by atoms with Crippen LogP contribution in [0.2, 0.25) is 0 Å². The molecule has 0 amide bonds. The fourth-order valence-electron chi connectivity index (χ4n) is 2.30. The van der Waals surface area contributed by atoms with E-state index >= 15 is 0 Å². The number of nitrogens with two attached hydrogens (primary N) is 1. The van der Waals surface area contributed by atoms with Gasteiger partial charge in [0.1, 0.15) is 0 Å². The van der Waals surface area contributed by atoms with Crippen LogP contribution in [0.3, 0.4) is 0 Å². The standard InChI is InChI=1S/C14H22N2O/c1-2-16(13-8-9-13)10-14(15,11-17)12-6-4-3-5-7-12/h3-7,13,17H,2,8-11,15H2,1H3. The molecule has 0 heterocycles. The van der Waals surface area contributed by atoms with E-state index in [1.165, 1.54) is 12.8 Å². The summed E-state index contributed by atoms with van der Waals surface area (Å²) in [5, 5.41) is 9.63. The molecule has 0 radical (unpaired) electrons. The average Bonchev–Trinajstić information content (AvgIpc) is 3.21. The van der Waals surface area contributed by atoms with Crippen LogP contribution in [0.4, 0.5) is 0 Å². The lowest BCUT2D eigenvalue weighted by Crippen LogP contribution is -2.51. The normalized spacial score (nSPS) is 19.3. The van der Waals surface area contributed by atoms with Crippen LogP contribution in [-0.4, -0.2) is 35.7 Å². The van der Waals surface area contributed by atoms with Gasteiger partial charge in [-0.05, 0) is 24.9 Å². The quantitative estimate of drug-likeness (QED) is 0.780. The minimum absolute atomic E-state index is 0.0137. The SMILES string of the molecule is CCN(CC(N)(CO)c1ccccc1)C1CC1. The highest BCUT2D eigenvalue weighted by atomic mass is 16.3. The predicted molar refractivity (Wildman–Crippen MR) is 69.7 cm³/mol. The molecule has 3 N–H and O–H groups in total. The monoisotopic (exact) mass is 234 g/mol. The van der Waals surface area contributed by atoms with Gasteiger partial charge in [-0.2, -0.15) is 0 Å². The van der Waals surface area contributed by atoms with Crippen LogP contribution in [0.15, 0.2) is 30.3 Å². The maximum atomic E-state index is 9.63. The van der Waals surface area contributed by atoms with Crippen LogP contribution in [0, 0.1) is 0 Å². The summed E-state index contributed by atoms with van der Waals surface area (Å²) in [6.07, 6.45) is 2.54. The van der Waals surface area contributed by atoms with Crippen LogP contribution in [-0.2, 0) is 5.54 Å². The van der Waals surface area contributed by atoms with Crippen molar-refractivity contribution >= 4 is 0 Å². The summed E-state index contributed by atoms with van der Waals surface area (Å²) in [5.74, 6) is 0. The molecule has 94 valence electrons. The van der Waals surface area contributed by atoms with Crippen molar-refractivity contribution in [1.82, 2.24) is 4.90 Å². The van der Waals surface area contributed by atoms with Crippen molar-refractivity contribution in [3.05, 3.63) is 35.9 Å². The molecule has 0 spiro atoms. The summed E-state index contributed by atoms with van der Waals surface area (Å²) in [4.78, 5) is 2.38. The van der Waals surface area contributed by atoms with Crippen LogP contribution in [0.25, 0.3) is 0 Å². The lowest BCUT2D eigenvalue weighted by Gasteiger charge is -2.34. The molecule has 1 fully saturated rings. The first-order valence-corrected chi connectivity index (χ1v) is 6.39. The van der Waals surface area contributed by atoms with E-state index in [-0.39, 0.29) is 6.61 Å². The highest BCUT2D eigenvalue weighted by molar-refractivity contribution is 5.24. The largest absolute Gasteiger partial charge is 0.394 e. The van der Waals surface area contributed by atoms with Crippen molar-refractivity contribution in [2.45, 2.75) is 31.3 Å². The van der Waals surface area contributed by atoms with Gasteiger partial charge in [-0.25, -0.2) is 0 Å². The summed E-state index contributed by atoms with van der Waals surface area (Å²) >= 11 is 0. The van der Waals surface area contributed by atoms with Gasteiger partial charge in [0.15, 0.2) is 0 Å². The van der Waals surface area contributed by atoms with Gasteiger partial charge in [0.05, 0.1) is 12.1 Å². The topological polar surface area (TPSA) is 49.5 Å². The minimum atomic E-state index is -0.639. The molecule has 1 aliphatic rings. The van der Waals surface area contributed by atoms with Crippen molar-refractivity contribution in [1.29, 1.82) is 0 Å². The van der Waals surface area contributed by atoms with Gasteiger partial charge in [0.2, 0.25) is 0 Å². The van der Waals surface area contributed by atoms with Crippen LogP contribution < -0.4 is 5.73 Å². The van der Waals surface area contributed by atoms with Gasteiger partial charge in [-0.15, -0.1) is 0 Å². The Morgan fingerprint density at radius 3 is 2.47 bits per heavy atom. The molecule has 1 unspecified atom stereocenters. The second-order valence-corrected chi connectivity index (χ2v) is 4.97. The predicted octanol–water partition coefficient (Wildman–Crippen LogP) is 1.32. The van der Waals surface area contributed by atoms with E-state index in [2.05, 4.69) is 11.8 Å². The molecule has 0 aromatic heterocycles. The second-order valence-electron chi connectivity index (χ2n) is 4.97. The van der Waals surface area contributed by atoms with Crippen molar-refractivity contribution < 1.29 is 5.11 Å². The molecule has 1 atom stereocenters. The third-order valence-electron chi connectivity index (χ3n) is 3.59. The van der Waals surface area contributed by atoms with Gasteiger partial charge in [-0.1, -0.05) is 37.3 Å². The Labute approximate surface area is 103 Å². The first-order valence-electron chi connectivity index (χ1n) is 6.39. The molecular formula is C14H22N2O. The van der Waals surface area contributed by atoms with E-state index in [0.29, 0.717) is 6.04 Å². The van der Waals surface area contributed by atoms with E-state index in [0.717, 1.165) is 18.7 Å². The summed E-state index contributed by atoms with van der Waals surface area (Å²) in [5.41, 5.74) is 6.75. The molecule has 3 heteroatoms. The van der Waals surface area contributed by atoms with E-state index in [4.69, 9.17) is 5.73 Å². The zero-order valence-electron chi connectivity index (χ0n) is 10.5. The highest BCUT2D eigenvalue weighted by Gasteiger charge is 2.35. The molecule has 0 saturated heterocycles. The van der Waals surface area contributed by atoms with Gasteiger partial charge in [0.25, 0.3) is 0 Å². The third-order valence-corrected chi connectivity index (χ3v) is 3.59. The molecule has 1 aromatic carbocycles. The summed E-state index contributed by atoms with van der Waals surface area (Å²) < 4.78 is 0. The van der Waals surface area contributed by atoms with Crippen molar-refractivity contribution in [2.75, 3.05) is 19.7 Å². The number of hydrogen-bond acceptors (Lipinski definition) is 3. The summed E-state index contributed by atoms with van der Waals surface area (Å²) in [7, 11) is 0. The Bertz CT molecular complexity index is 350. The van der Waals surface area contributed by atoms with Gasteiger partial charge in [-0.3, -0.25) is 4.90 Å². The Morgan fingerprint density at radius 1 is 1.35 bits per heavy atom. The van der Waals surface area contributed by atoms with Crippen LogP contribution in [0.5, 0.6) is 0 Å². The molecular weight excluding hydrogens is 212 g/mol. The fraction of sp³-hybridized carbons (Fsp3) is 0.571. The van der Waals surface area contributed by atoms with Crippen molar-refractivity contribution in [2.24, 2.45) is 5.73 Å². The number of likely N-dealkylation sites (N-methyl/N-ethyl adjacent to an activating group) is 1. The molecule has 1 aliphatic carbocycles. The van der Waals surface area contributed by atoms with E-state index in [1.807, 2.05) is 30.3 Å². The molecule has 0 bridgehead atoms.